The first-order chi connectivity index (χ1) is 34.7. The van der Waals surface area contributed by atoms with Crippen molar-refractivity contribution in [1.82, 2.24) is 5.32 Å². The van der Waals surface area contributed by atoms with Crippen molar-refractivity contribution in [1.29, 1.82) is 0 Å². The van der Waals surface area contributed by atoms with Crippen LogP contribution in [-0.2, 0) is 4.79 Å². The van der Waals surface area contributed by atoms with Gasteiger partial charge in [-0.3, -0.25) is 4.79 Å². The van der Waals surface area contributed by atoms with E-state index >= 15 is 0 Å². The van der Waals surface area contributed by atoms with E-state index in [1.54, 1.807) is 0 Å². The summed E-state index contributed by atoms with van der Waals surface area (Å²) in [6.45, 7) is 4.39. The van der Waals surface area contributed by atoms with Crippen LogP contribution in [0.15, 0.2) is 36.5 Å². The number of amides is 1. The number of rotatable bonds is 60. The summed E-state index contributed by atoms with van der Waals surface area (Å²) < 4.78 is 0. The Kier molecular flexibility index (Phi) is 60.7. The quantitative estimate of drug-likeness (QED) is 0.0420. The van der Waals surface area contributed by atoms with Gasteiger partial charge in [-0.2, -0.15) is 0 Å². The van der Waals surface area contributed by atoms with Gasteiger partial charge in [0.2, 0.25) is 5.91 Å². The molecule has 0 aromatic carbocycles. The van der Waals surface area contributed by atoms with E-state index in [9.17, 15) is 15.0 Å². The largest absolute Gasteiger partial charge is 0.394 e. The predicted octanol–water partition coefficient (Wildman–Crippen LogP) is 21.6. The second-order valence-electron chi connectivity index (χ2n) is 22.2. The monoisotopic (exact) mass is 982 g/mol. The minimum Gasteiger partial charge on any atom is -0.394 e. The van der Waals surface area contributed by atoms with Crippen LogP contribution in [0, 0.1) is 0 Å². The second-order valence-corrected chi connectivity index (χ2v) is 22.2. The lowest BCUT2D eigenvalue weighted by molar-refractivity contribution is -0.123. The Bertz CT molecular complexity index is 1070. The van der Waals surface area contributed by atoms with Crippen molar-refractivity contribution in [3.05, 3.63) is 36.5 Å². The summed E-state index contributed by atoms with van der Waals surface area (Å²) in [4.78, 5) is 12.5. The van der Waals surface area contributed by atoms with Crippen LogP contribution in [0.2, 0.25) is 0 Å². The van der Waals surface area contributed by atoms with Gasteiger partial charge in [-0.15, -0.1) is 0 Å². The fraction of sp³-hybridized carbons (Fsp3) is 0.894. The van der Waals surface area contributed by atoms with Crippen molar-refractivity contribution in [2.75, 3.05) is 6.61 Å². The third kappa shape index (κ3) is 57.5. The third-order valence-corrected chi connectivity index (χ3v) is 15.2. The van der Waals surface area contributed by atoms with E-state index in [4.69, 9.17) is 0 Å². The fourth-order valence-electron chi connectivity index (χ4n) is 10.3. The van der Waals surface area contributed by atoms with Crippen LogP contribution in [0.3, 0.4) is 0 Å². The molecule has 1 amide bonds. The molecule has 4 heteroatoms. The molecule has 0 saturated carbocycles. The molecule has 0 rings (SSSR count). The van der Waals surface area contributed by atoms with Gasteiger partial charge in [-0.25, -0.2) is 0 Å². The summed E-state index contributed by atoms with van der Waals surface area (Å²) in [7, 11) is 0. The number of unbranched alkanes of at least 4 members (excludes halogenated alkanes) is 47. The smallest absolute Gasteiger partial charge is 0.220 e. The normalized spacial score (nSPS) is 12.9. The van der Waals surface area contributed by atoms with Gasteiger partial charge in [-0.05, 0) is 51.4 Å². The predicted molar refractivity (Wildman–Crippen MR) is 313 cm³/mol. The van der Waals surface area contributed by atoms with E-state index < -0.39 is 12.1 Å². The zero-order valence-electron chi connectivity index (χ0n) is 47.8. The Morgan fingerprint density at radius 1 is 0.343 bits per heavy atom. The molecule has 0 saturated heterocycles. The highest BCUT2D eigenvalue weighted by Gasteiger charge is 2.20. The van der Waals surface area contributed by atoms with Crippen LogP contribution >= 0.6 is 0 Å². The Hall–Kier alpha value is -1.39. The Balaban J connectivity index is 3.42. The number of hydrogen-bond donors (Lipinski definition) is 3. The fourth-order valence-corrected chi connectivity index (χ4v) is 10.3. The van der Waals surface area contributed by atoms with Crippen LogP contribution in [0.1, 0.15) is 361 Å². The van der Waals surface area contributed by atoms with Crippen molar-refractivity contribution in [3.63, 3.8) is 0 Å². The van der Waals surface area contributed by atoms with Gasteiger partial charge in [0.05, 0.1) is 18.8 Å². The molecule has 414 valence electrons. The van der Waals surface area contributed by atoms with Gasteiger partial charge in [-0.1, -0.05) is 339 Å². The highest BCUT2D eigenvalue weighted by molar-refractivity contribution is 5.76. The Morgan fingerprint density at radius 3 is 0.871 bits per heavy atom. The topological polar surface area (TPSA) is 69.6 Å². The van der Waals surface area contributed by atoms with E-state index in [1.165, 1.54) is 295 Å². The van der Waals surface area contributed by atoms with Crippen molar-refractivity contribution < 1.29 is 15.0 Å². The van der Waals surface area contributed by atoms with E-state index in [-0.39, 0.29) is 12.5 Å². The number of carbonyl (C=O) groups is 1. The molecule has 3 N–H and O–H groups in total. The average molecular weight is 983 g/mol. The minimum absolute atomic E-state index is 0.0281. The molecule has 0 radical (unpaired) electrons. The van der Waals surface area contributed by atoms with E-state index in [0.29, 0.717) is 12.8 Å². The summed E-state index contributed by atoms with van der Waals surface area (Å²) in [5.41, 5.74) is 0. The summed E-state index contributed by atoms with van der Waals surface area (Å²) in [6, 6.07) is -0.539. The van der Waals surface area contributed by atoms with E-state index in [0.717, 1.165) is 38.5 Å². The van der Waals surface area contributed by atoms with Gasteiger partial charge in [0, 0.05) is 6.42 Å². The standard InChI is InChI=1S/C66H127NO3/c1-3-5-7-9-11-13-15-17-19-21-23-25-27-29-31-32-33-34-36-37-39-41-43-45-47-49-51-53-55-57-59-61-65(69)64(63-68)67-66(70)62-60-58-56-54-52-50-48-46-44-42-40-38-35-30-28-26-24-22-20-18-16-14-12-10-8-6-4-2/h16,18,22,24,28,30,64-65,68-69H,3-15,17,19-21,23,25-27,29,31-63H2,1-2H3,(H,67,70)/b18-16-,24-22-,30-28-. The maximum Gasteiger partial charge on any atom is 0.220 e. The van der Waals surface area contributed by atoms with Crippen LogP contribution < -0.4 is 5.32 Å². The molecule has 2 atom stereocenters. The molecule has 4 nitrogen and oxygen atoms in total. The van der Waals surface area contributed by atoms with Crippen LogP contribution in [-0.4, -0.2) is 34.9 Å². The highest BCUT2D eigenvalue weighted by Crippen LogP contribution is 2.19. The summed E-state index contributed by atoms with van der Waals surface area (Å²) in [6.07, 6.45) is 84.6. The van der Waals surface area contributed by atoms with Gasteiger partial charge in [0.15, 0.2) is 0 Å². The van der Waals surface area contributed by atoms with Crippen LogP contribution in [0.5, 0.6) is 0 Å². The van der Waals surface area contributed by atoms with Crippen molar-refractivity contribution in [2.45, 2.75) is 373 Å². The molecule has 0 spiro atoms. The van der Waals surface area contributed by atoms with Crippen molar-refractivity contribution >= 4 is 5.91 Å². The molecule has 0 aliphatic carbocycles. The summed E-state index contributed by atoms with van der Waals surface area (Å²) >= 11 is 0. The maximum atomic E-state index is 12.5. The number of hydrogen-bond acceptors (Lipinski definition) is 3. The molecular formula is C66H127NO3. The maximum absolute atomic E-state index is 12.5. The molecule has 0 aromatic rings. The lowest BCUT2D eigenvalue weighted by Crippen LogP contribution is -2.45. The van der Waals surface area contributed by atoms with E-state index in [1.807, 2.05) is 0 Å². The lowest BCUT2D eigenvalue weighted by atomic mass is 10.0. The molecule has 0 heterocycles. The molecule has 0 fully saturated rings. The summed E-state index contributed by atoms with van der Waals surface area (Å²) in [5.74, 6) is -0.0281. The number of nitrogens with one attached hydrogen (secondary N) is 1. The van der Waals surface area contributed by atoms with Crippen molar-refractivity contribution in [3.8, 4) is 0 Å². The highest BCUT2D eigenvalue weighted by atomic mass is 16.3. The number of allylic oxidation sites excluding steroid dienone is 6. The molecule has 0 aliphatic heterocycles. The average Bonchev–Trinajstić information content (AvgIpc) is 3.36. The number of carbonyl (C=O) groups excluding carboxylic acids is 1. The first-order valence-electron chi connectivity index (χ1n) is 32.2. The van der Waals surface area contributed by atoms with Crippen molar-refractivity contribution in [2.24, 2.45) is 0 Å². The Morgan fingerprint density at radius 2 is 0.586 bits per heavy atom. The lowest BCUT2D eigenvalue weighted by Gasteiger charge is -2.22. The molecular weight excluding hydrogens is 855 g/mol. The third-order valence-electron chi connectivity index (χ3n) is 15.2. The number of aliphatic hydroxyl groups excluding tert-OH is 2. The van der Waals surface area contributed by atoms with Gasteiger partial charge >= 0.3 is 0 Å². The SMILES string of the molecule is CCCCCCC/C=C\C/C=C\C/C=C\CCCCCCCCCCCCCCC(=O)NC(CO)C(O)CCCCCCCCCCCCCCCCCCCCCCCCCCCCCCCCC. The first-order valence-corrected chi connectivity index (χ1v) is 32.2. The van der Waals surface area contributed by atoms with Gasteiger partial charge in [0.25, 0.3) is 0 Å². The number of aliphatic hydroxyl groups is 2. The zero-order valence-corrected chi connectivity index (χ0v) is 47.8. The van der Waals surface area contributed by atoms with Gasteiger partial charge < -0.3 is 15.5 Å². The molecule has 0 aliphatic rings. The van der Waals surface area contributed by atoms with Crippen LogP contribution in [0.25, 0.3) is 0 Å². The molecule has 0 bridgehead atoms. The molecule has 2 unspecified atom stereocenters. The Labute approximate surface area is 440 Å². The van der Waals surface area contributed by atoms with Crippen LogP contribution in [0.4, 0.5) is 0 Å². The second kappa shape index (κ2) is 61.9. The molecule has 0 aromatic heterocycles. The minimum atomic E-state index is -0.662. The summed E-state index contributed by atoms with van der Waals surface area (Å²) in [5, 5.41) is 23.4. The van der Waals surface area contributed by atoms with Gasteiger partial charge in [0.1, 0.15) is 0 Å². The molecule has 70 heavy (non-hydrogen) atoms. The van der Waals surface area contributed by atoms with E-state index in [2.05, 4.69) is 55.6 Å². The zero-order chi connectivity index (χ0) is 50.6. The first kappa shape index (κ1) is 68.6.